The van der Waals surface area contributed by atoms with Gasteiger partial charge in [-0.3, -0.25) is 4.79 Å². The van der Waals surface area contributed by atoms with E-state index in [4.69, 9.17) is 14.8 Å². The van der Waals surface area contributed by atoms with Crippen LogP contribution in [0.4, 0.5) is 5.82 Å². The summed E-state index contributed by atoms with van der Waals surface area (Å²) in [5.74, 6) is 1.33. The number of anilines is 1. The molecule has 0 bridgehead atoms. The van der Waals surface area contributed by atoms with Crippen LogP contribution >= 0.6 is 11.3 Å². The Labute approximate surface area is 165 Å². The van der Waals surface area contributed by atoms with Gasteiger partial charge in [0.05, 0.1) is 23.0 Å². The fourth-order valence-electron chi connectivity index (χ4n) is 3.86. The van der Waals surface area contributed by atoms with Crippen molar-refractivity contribution < 1.29 is 9.53 Å². The number of nitrogens with one attached hydrogen (secondary N) is 1. The fraction of sp³-hybridized carbons (Fsp3) is 0.190. The number of nitrogens with zero attached hydrogens (tertiary/aromatic N) is 3. The number of ether oxygens (including phenoxy) is 1. The van der Waals surface area contributed by atoms with Gasteiger partial charge in [-0.15, -0.1) is 0 Å². The van der Waals surface area contributed by atoms with Crippen molar-refractivity contribution in [3.63, 3.8) is 0 Å². The van der Waals surface area contributed by atoms with Gasteiger partial charge in [0.25, 0.3) is 0 Å². The monoisotopic (exact) mass is 390 g/mol. The smallest absolute Gasteiger partial charge is 0.226 e. The summed E-state index contributed by atoms with van der Waals surface area (Å²) in [6, 6.07) is 15.8. The highest BCUT2D eigenvalue weighted by atomic mass is 32.1. The molecule has 1 aliphatic heterocycles. The van der Waals surface area contributed by atoms with Gasteiger partial charge in [0.1, 0.15) is 11.6 Å². The molecule has 1 N–H and O–H groups in total. The van der Waals surface area contributed by atoms with E-state index in [1.165, 1.54) is 0 Å². The molecule has 0 fully saturated rings. The minimum absolute atomic E-state index is 0.0364. The lowest BCUT2D eigenvalue weighted by Crippen LogP contribution is -2.25. The first-order chi connectivity index (χ1) is 13.7. The van der Waals surface area contributed by atoms with Crippen molar-refractivity contribution >= 4 is 33.3 Å². The predicted molar refractivity (Wildman–Crippen MR) is 110 cm³/mol. The SMILES string of the molecule is COc1ccccc1C1CC(=O)Nc2c1c(C)nn2-c1nc2ccccc2s1. The number of benzene rings is 2. The van der Waals surface area contributed by atoms with Gasteiger partial charge in [-0.1, -0.05) is 41.7 Å². The number of aryl methyl sites for hydroxylation is 1. The number of carbonyl (C=O) groups excluding carboxylic acids is 1. The van der Waals surface area contributed by atoms with Crippen LogP contribution in [0.5, 0.6) is 5.75 Å². The fourth-order valence-corrected chi connectivity index (χ4v) is 4.78. The summed E-state index contributed by atoms with van der Waals surface area (Å²) in [6.45, 7) is 1.97. The highest BCUT2D eigenvalue weighted by Crippen LogP contribution is 2.43. The van der Waals surface area contributed by atoms with E-state index in [1.807, 2.05) is 55.5 Å². The lowest BCUT2D eigenvalue weighted by atomic mass is 9.85. The van der Waals surface area contributed by atoms with Gasteiger partial charge in [-0.25, -0.2) is 4.98 Å². The number of para-hydroxylation sites is 2. The Morgan fingerprint density at radius 3 is 2.79 bits per heavy atom. The number of aromatic nitrogens is 3. The van der Waals surface area contributed by atoms with Crippen molar-refractivity contribution in [3.05, 3.63) is 65.4 Å². The Morgan fingerprint density at radius 1 is 1.18 bits per heavy atom. The molecule has 5 rings (SSSR count). The standard InChI is InChI=1S/C21H18N4O2S/c1-12-19-14(13-7-3-5-9-16(13)27-2)11-18(26)23-20(19)25(24-12)21-22-15-8-4-6-10-17(15)28-21/h3-10,14H,11H2,1-2H3,(H,23,26). The number of carbonyl (C=O) groups is 1. The van der Waals surface area contributed by atoms with E-state index in [9.17, 15) is 4.79 Å². The largest absolute Gasteiger partial charge is 0.496 e. The third-order valence-corrected chi connectivity index (χ3v) is 6.09. The Kier molecular flexibility index (Phi) is 3.91. The quantitative estimate of drug-likeness (QED) is 0.567. The van der Waals surface area contributed by atoms with Gasteiger partial charge in [-0.05, 0) is 25.1 Å². The zero-order valence-electron chi connectivity index (χ0n) is 15.5. The number of amides is 1. The molecule has 3 heterocycles. The third-order valence-electron chi connectivity index (χ3n) is 5.08. The molecule has 140 valence electrons. The van der Waals surface area contributed by atoms with Crippen LogP contribution in [0, 0.1) is 6.92 Å². The summed E-state index contributed by atoms with van der Waals surface area (Å²) in [5.41, 5.74) is 3.81. The second-order valence-corrected chi connectivity index (χ2v) is 7.78. The summed E-state index contributed by atoms with van der Waals surface area (Å²) in [5, 5.41) is 8.49. The number of methoxy groups -OCH3 is 1. The maximum absolute atomic E-state index is 12.6. The van der Waals surface area contributed by atoms with E-state index in [0.29, 0.717) is 12.2 Å². The summed E-state index contributed by atoms with van der Waals surface area (Å²) in [7, 11) is 1.65. The molecule has 7 heteroatoms. The van der Waals surface area contributed by atoms with Crippen LogP contribution in [0.2, 0.25) is 0 Å². The number of rotatable bonds is 3. The van der Waals surface area contributed by atoms with Gasteiger partial charge in [0, 0.05) is 23.5 Å². The van der Waals surface area contributed by atoms with Crippen molar-refractivity contribution in [3.8, 4) is 10.9 Å². The van der Waals surface area contributed by atoms with E-state index in [-0.39, 0.29) is 11.8 Å². The molecule has 0 radical (unpaired) electrons. The van der Waals surface area contributed by atoms with Gasteiger partial charge in [0.15, 0.2) is 0 Å². The molecule has 2 aromatic heterocycles. The lowest BCUT2D eigenvalue weighted by Gasteiger charge is -2.25. The normalized spacial score (nSPS) is 16.1. The number of hydrogen-bond acceptors (Lipinski definition) is 5. The summed E-state index contributed by atoms with van der Waals surface area (Å²) >= 11 is 1.56. The highest BCUT2D eigenvalue weighted by Gasteiger charge is 2.34. The molecule has 0 saturated heterocycles. The molecule has 0 aliphatic carbocycles. The first-order valence-corrected chi connectivity index (χ1v) is 9.85. The molecular formula is C21H18N4O2S. The number of thiazole rings is 1. The van der Waals surface area contributed by atoms with Crippen LogP contribution in [0.25, 0.3) is 15.3 Å². The van der Waals surface area contributed by atoms with E-state index in [0.717, 1.165) is 37.9 Å². The van der Waals surface area contributed by atoms with Gasteiger partial charge >= 0.3 is 0 Å². The van der Waals surface area contributed by atoms with Crippen LogP contribution in [0.3, 0.4) is 0 Å². The second kappa shape index (κ2) is 6.45. The van der Waals surface area contributed by atoms with Gasteiger partial charge in [0.2, 0.25) is 11.0 Å². The van der Waals surface area contributed by atoms with Gasteiger partial charge in [-0.2, -0.15) is 9.78 Å². The minimum Gasteiger partial charge on any atom is -0.496 e. The maximum atomic E-state index is 12.6. The average molecular weight is 390 g/mol. The maximum Gasteiger partial charge on any atom is 0.226 e. The van der Waals surface area contributed by atoms with Crippen molar-refractivity contribution in [1.29, 1.82) is 0 Å². The van der Waals surface area contributed by atoms with Crippen molar-refractivity contribution in [1.82, 2.24) is 14.8 Å². The third kappa shape index (κ3) is 2.58. The molecule has 6 nitrogen and oxygen atoms in total. The zero-order chi connectivity index (χ0) is 19.3. The van der Waals surface area contributed by atoms with Gasteiger partial charge < -0.3 is 10.1 Å². The van der Waals surface area contributed by atoms with Crippen molar-refractivity contribution in [2.45, 2.75) is 19.3 Å². The lowest BCUT2D eigenvalue weighted by molar-refractivity contribution is -0.116. The highest BCUT2D eigenvalue weighted by molar-refractivity contribution is 7.20. The summed E-state index contributed by atoms with van der Waals surface area (Å²) < 4.78 is 8.40. The minimum atomic E-state index is -0.108. The molecule has 0 saturated carbocycles. The van der Waals surface area contributed by atoms with Crippen LogP contribution in [-0.4, -0.2) is 27.8 Å². The zero-order valence-corrected chi connectivity index (χ0v) is 16.3. The first-order valence-electron chi connectivity index (χ1n) is 9.04. The van der Waals surface area contributed by atoms with E-state index in [2.05, 4.69) is 5.32 Å². The molecule has 1 amide bonds. The Bertz CT molecular complexity index is 1180. The number of hydrogen-bond donors (Lipinski definition) is 1. The molecule has 1 unspecified atom stereocenters. The Hall–Kier alpha value is -3.19. The van der Waals surface area contributed by atoms with E-state index < -0.39 is 0 Å². The summed E-state index contributed by atoms with van der Waals surface area (Å²) in [4.78, 5) is 17.3. The Balaban J connectivity index is 1.69. The summed E-state index contributed by atoms with van der Waals surface area (Å²) in [6.07, 6.45) is 0.361. The van der Waals surface area contributed by atoms with Crippen LogP contribution in [0.15, 0.2) is 48.5 Å². The van der Waals surface area contributed by atoms with Crippen LogP contribution in [-0.2, 0) is 4.79 Å². The molecule has 0 spiro atoms. The van der Waals surface area contributed by atoms with E-state index >= 15 is 0 Å². The molecular weight excluding hydrogens is 372 g/mol. The number of fused-ring (bicyclic) bond motifs is 2. The van der Waals surface area contributed by atoms with E-state index in [1.54, 1.807) is 23.1 Å². The van der Waals surface area contributed by atoms with Crippen LogP contribution in [0.1, 0.15) is 29.2 Å². The molecule has 1 atom stereocenters. The topological polar surface area (TPSA) is 69.0 Å². The average Bonchev–Trinajstić information content (AvgIpc) is 3.28. The molecule has 1 aliphatic rings. The predicted octanol–water partition coefficient (Wildman–Crippen LogP) is 4.27. The second-order valence-electron chi connectivity index (χ2n) is 6.77. The van der Waals surface area contributed by atoms with Crippen molar-refractivity contribution in [2.24, 2.45) is 0 Å². The molecule has 4 aromatic rings. The first kappa shape index (κ1) is 16.9. The molecule has 2 aromatic carbocycles. The van der Waals surface area contributed by atoms with Crippen LogP contribution < -0.4 is 10.1 Å². The Morgan fingerprint density at radius 2 is 1.96 bits per heavy atom. The molecule has 28 heavy (non-hydrogen) atoms. The van der Waals surface area contributed by atoms with Crippen molar-refractivity contribution in [2.75, 3.05) is 12.4 Å².